The second-order valence-corrected chi connectivity index (χ2v) is 7.49. The molecule has 0 amide bonds. The fourth-order valence-electron chi connectivity index (χ4n) is 4.23. The van der Waals surface area contributed by atoms with Gasteiger partial charge in [0.05, 0.1) is 24.3 Å². The van der Waals surface area contributed by atoms with E-state index in [1.165, 1.54) is 6.07 Å². The molecule has 144 valence electrons. The zero-order valence-corrected chi connectivity index (χ0v) is 15.2. The number of halogens is 1. The molecule has 0 unspecified atom stereocenters. The average Bonchev–Trinajstić information content (AvgIpc) is 3.22. The summed E-state index contributed by atoms with van der Waals surface area (Å²) in [5.74, 6) is -0.102. The number of Topliss-reactive ketones (excluding diaryl/α,β-unsaturated/α-hetero) is 1. The van der Waals surface area contributed by atoms with Crippen molar-refractivity contribution in [3.63, 3.8) is 0 Å². The lowest BCUT2D eigenvalue weighted by atomic mass is 10.0. The highest BCUT2D eigenvalue weighted by Gasteiger charge is 2.42. The molecule has 1 aliphatic heterocycles. The lowest BCUT2D eigenvalue weighted by Crippen LogP contribution is -2.30. The Balaban J connectivity index is 1.29. The molecule has 4 rings (SSSR count). The van der Waals surface area contributed by atoms with Crippen LogP contribution in [0.3, 0.4) is 0 Å². The van der Waals surface area contributed by atoms with Gasteiger partial charge in [-0.1, -0.05) is 0 Å². The van der Waals surface area contributed by atoms with E-state index in [0.717, 1.165) is 37.7 Å². The third-order valence-electron chi connectivity index (χ3n) is 5.55. The zero-order chi connectivity index (χ0) is 19.7. The molecular formula is C21H20FN3O3. The summed E-state index contributed by atoms with van der Waals surface area (Å²) < 4.78 is 19.4. The largest absolute Gasteiger partial charge is 0.504 e. The summed E-state index contributed by atoms with van der Waals surface area (Å²) in [6, 6.07) is 11.7. The first-order valence-electron chi connectivity index (χ1n) is 9.29. The molecule has 1 saturated heterocycles. The SMILES string of the molecule is N#Cc1ccc(O[C@H]2C[C@@H]3CN(CC(=O)c4ccc(O)c(F)n4)C[C@@H]3C2)cc1. The van der Waals surface area contributed by atoms with Crippen molar-refractivity contribution in [3.05, 3.63) is 53.6 Å². The van der Waals surface area contributed by atoms with E-state index in [0.29, 0.717) is 17.4 Å². The topological polar surface area (TPSA) is 86.5 Å². The molecule has 0 spiro atoms. The van der Waals surface area contributed by atoms with Crippen LogP contribution in [0.15, 0.2) is 36.4 Å². The summed E-state index contributed by atoms with van der Waals surface area (Å²) in [7, 11) is 0. The number of ketones is 1. The molecule has 1 saturated carbocycles. The van der Waals surface area contributed by atoms with Gasteiger partial charge in [-0.25, -0.2) is 4.98 Å². The average molecular weight is 381 g/mol. The standard InChI is InChI=1S/C21H20FN3O3/c22-21-19(26)6-5-18(24-21)20(27)12-25-10-14-7-17(8-15(14)11-25)28-16-3-1-13(9-23)2-4-16/h1-6,14-15,17,26H,7-8,10-12H2/t14-,15+,17+. The van der Waals surface area contributed by atoms with E-state index in [-0.39, 0.29) is 24.1 Å². The smallest absolute Gasteiger partial charge is 0.255 e. The third-order valence-corrected chi connectivity index (χ3v) is 5.55. The van der Waals surface area contributed by atoms with Crippen molar-refractivity contribution in [1.82, 2.24) is 9.88 Å². The third kappa shape index (κ3) is 3.82. The number of carbonyl (C=O) groups excluding carboxylic acids is 1. The van der Waals surface area contributed by atoms with Crippen molar-refractivity contribution in [3.8, 4) is 17.6 Å². The number of fused-ring (bicyclic) bond motifs is 1. The maximum Gasteiger partial charge on any atom is 0.255 e. The van der Waals surface area contributed by atoms with Crippen LogP contribution in [0.1, 0.15) is 28.9 Å². The molecule has 0 bridgehead atoms. The van der Waals surface area contributed by atoms with Crippen LogP contribution in [0.2, 0.25) is 0 Å². The molecule has 0 radical (unpaired) electrons. The van der Waals surface area contributed by atoms with Gasteiger partial charge in [-0.15, -0.1) is 0 Å². The summed E-state index contributed by atoms with van der Waals surface area (Å²) >= 11 is 0. The number of hydrogen-bond acceptors (Lipinski definition) is 6. The Hall–Kier alpha value is -2.98. The number of nitriles is 1. The lowest BCUT2D eigenvalue weighted by Gasteiger charge is -2.19. The van der Waals surface area contributed by atoms with Crippen LogP contribution >= 0.6 is 0 Å². The van der Waals surface area contributed by atoms with Gasteiger partial charge in [-0.3, -0.25) is 9.69 Å². The Morgan fingerprint density at radius 3 is 2.50 bits per heavy atom. The van der Waals surface area contributed by atoms with Gasteiger partial charge in [0.2, 0.25) is 0 Å². The summed E-state index contributed by atoms with van der Waals surface area (Å²) in [5.41, 5.74) is 0.647. The number of likely N-dealkylation sites (tertiary alicyclic amines) is 1. The van der Waals surface area contributed by atoms with Gasteiger partial charge in [-0.05, 0) is 61.1 Å². The van der Waals surface area contributed by atoms with E-state index in [2.05, 4.69) is 16.0 Å². The number of pyridine rings is 1. The number of aromatic hydroxyl groups is 1. The van der Waals surface area contributed by atoms with E-state index in [1.54, 1.807) is 12.1 Å². The maximum atomic E-state index is 13.3. The number of ether oxygens (including phenoxy) is 1. The first-order valence-corrected chi connectivity index (χ1v) is 9.29. The molecule has 1 N–H and O–H groups in total. The van der Waals surface area contributed by atoms with Crippen LogP contribution in [0.5, 0.6) is 11.5 Å². The highest BCUT2D eigenvalue weighted by molar-refractivity contribution is 5.95. The van der Waals surface area contributed by atoms with Crippen LogP contribution in [0.25, 0.3) is 0 Å². The number of carbonyl (C=O) groups is 1. The second-order valence-electron chi connectivity index (χ2n) is 7.49. The van der Waals surface area contributed by atoms with Crippen LogP contribution in [-0.2, 0) is 0 Å². The Labute approximate surface area is 162 Å². The number of nitrogens with zero attached hydrogens (tertiary/aromatic N) is 3. The van der Waals surface area contributed by atoms with E-state index >= 15 is 0 Å². The summed E-state index contributed by atoms with van der Waals surface area (Å²) in [5, 5.41) is 18.0. The zero-order valence-electron chi connectivity index (χ0n) is 15.2. The van der Waals surface area contributed by atoms with Gasteiger partial charge in [0, 0.05) is 13.1 Å². The predicted octanol–water partition coefficient (Wildman–Crippen LogP) is 2.77. The first-order chi connectivity index (χ1) is 13.5. The lowest BCUT2D eigenvalue weighted by molar-refractivity contribution is 0.0930. The van der Waals surface area contributed by atoms with Crippen molar-refractivity contribution >= 4 is 5.78 Å². The van der Waals surface area contributed by atoms with Crippen LogP contribution < -0.4 is 4.74 Å². The molecule has 1 aromatic heterocycles. The van der Waals surface area contributed by atoms with Gasteiger partial charge in [0.25, 0.3) is 5.95 Å². The monoisotopic (exact) mass is 381 g/mol. The number of benzene rings is 1. The summed E-state index contributed by atoms with van der Waals surface area (Å²) in [6.45, 7) is 1.82. The number of hydrogen-bond donors (Lipinski definition) is 1. The van der Waals surface area contributed by atoms with Crippen molar-refractivity contribution < 1.29 is 19.0 Å². The molecule has 2 aromatic rings. The van der Waals surface area contributed by atoms with Gasteiger partial charge in [0.1, 0.15) is 11.4 Å². The molecule has 28 heavy (non-hydrogen) atoms. The van der Waals surface area contributed by atoms with Gasteiger partial charge in [0.15, 0.2) is 11.5 Å². The molecule has 7 heteroatoms. The van der Waals surface area contributed by atoms with Crippen LogP contribution in [0.4, 0.5) is 4.39 Å². The Morgan fingerprint density at radius 1 is 1.21 bits per heavy atom. The molecule has 3 atom stereocenters. The first kappa shape index (κ1) is 18.4. The summed E-state index contributed by atoms with van der Waals surface area (Å²) in [4.78, 5) is 18.0. The molecule has 1 aromatic carbocycles. The highest BCUT2D eigenvalue weighted by Crippen LogP contribution is 2.39. The number of aromatic nitrogens is 1. The molecular weight excluding hydrogens is 361 g/mol. The van der Waals surface area contributed by atoms with Gasteiger partial charge < -0.3 is 9.84 Å². The minimum Gasteiger partial charge on any atom is -0.504 e. The Morgan fingerprint density at radius 2 is 1.89 bits per heavy atom. The van der Waals surface area contributed by atoms with Crippen LogP contribution in [-0.4, -0.2) is 46.5 Å². The quantitative estimate of drug-likeness (QED) is 0.633. The van der Waals surface area contributed by atoms with Crippen molar-refractivity contribution in [2.75, 3.05) is 19.6 Å². The number of rotatable bonds is 5. The maximum absolute atomic E-state index is 13.3. The normalized spacial score (nSPS) is 23.9. The van der Waals surface area contributed by atoms with Crippen molar-refractivity contribution in [2.24, 2.45) is 11.8 Å². The van der Waals surface area contributed by atoms with Crippen molar-refractivity contribution in [2.45, 2.75) is 18.9 Å². The minimum absolute atomic E-state index is 0.0365. The van der Waals surface area contributed by atoms with E-state index < -0.39 is 11.7 Å². The second kappa shape index (κ2) is 7.56. The highest BCUT2D eigenvalue weighted by atomic mass is 19.1. The van der Waals surface area contributed by atoms with E-state index in [4.69, 9.17) is 10.00 Å². The molecule has 2 heterocycles. The molecule has 6 nitrogen and oxygen atoms in total. The molecule has 2 aliphatic rings. The van der Waals surface area contributed by atoms with E-state index in [1.807, 2.05) is 12.1 Å². The summed E-state index contributed by atoms with van der Waals surface area (Å²) in [6.07, 6.45) is 2.01. The molecule has 1 aliphatic carbocycles. The predicted molar refractivity (Wildman–Crippen MR) is 98.4 cm³/mol. The van der Waals surface area contributed by atoms with Crippen LogP contribution in [0, 0.1) is 29.1 Å². The van der Waals surface area contributed by atoms with Gasteiger partial charge >= 0.3 is 0 Å². The van der Waals surface area contributed by atoms with Gasteiger partial charge in [-0.2, -0.15) is 9.65 Å². The van der Waals surface area contributed by atoms with Crippen molar-refractivity contribution in [1.29, 1.82) is 5.26 Å². The fourth-order valence-corrected chi connectivity index (χ4v) is 4.23. The Bertz CT molecular complexity index is 911. The molecule has 2 fully saturated rings. The fraction of sp³-hybridized carbons (Fsp3) is 0.381. The van der Waals surface area contributed by atoms with E-state index in [9.17, 15) is 14.3 Å². The minimum atomic E-state index is -1.02. The Kier molecular flexibility index (Phi) is 4.97.